The minimum Gasteiger partial charge on any atom is -0.364 e. The van der Waals surface area contributed by atoms with E-state index in [0.717, 1.165) is 6.26 Å². The Kier molecular flexibility index (Phi) is 7.59. The summed E-state index contributed by atoms with van der Waals surface area (Å²) in [7, 11) is 0. The van der Waals surface area contributed by atoms with Crippen LogP contribution in [0.1, 0.15) is 84.3 Å². The third kappa shape index (κ3) is 6.25. The van der Waals surface area contributed by atoms with Gasteiger partial charge in [-0.15, -0.1) is 0 Å². The Labute approximate surface area is 245 Å². The molecule has 0 bridgehead atoms. The van der Waals surface area contributed by atoms with Gasteiger partial charge in [0, 0.05) is 50.5 Å². The molecule has 0 radical (unpaired) electrons. The molecular formula is C28H29F7N6O3. The van der Waals surface area contributed by atoms with Gasteiger partial charge in [0.05, 0.1) is 35.2 Å². The second-order valence-electron chi connectivity index (χ2n) is 12.1. The SMILES string of the molecule is O=C(N[C@H](c1cn2nc(CC3C[C@@H](C(F)(F)F)CNC3=O)ccc2n1)C1CCC(F)(F)CC1)c1conc1C1CC(F)(F)C1. The zero-order valence-corrected chi connectivity index (χ0v) is 23.2. The van der Waals surface area contributed by atoms with E-state index in [9.17, 15) is 40.3 Å². The van der Waals surface area contributed by atoms with Crippen molar-refractivity contribution in [2.75, 3.05) is 6.54 Å². The van der Waals surface area contributed by atoms with Gasteiger partial charge in [-0.25, -0.2) is 27.1 Å². The van der Waals surface area contributed by atoms with Gasteiger partial charge in [0.25, 0.3) is 5.91 Å². The van der Waals surface area contributed by atoms with Crippen LogP contribution in [0.25, 0.3) is 5.65 Å². The van der Waals surface area contributed by atoms with Crippen molar-refractivity contribution < 1.29 is 44.8 Å². The van der Waals surface area contributed by atoms with E-state index < -0.39 is 91.8 Å². The molecule has 2 saturated carbocycles. The fourth-order valence-electron chi connectivity index (χ4n) is 6.39. The lowest BCUT2D eigenvalue weighted by Gasteiger charge is -2.34. The molecule has 0 aromatic carbocycles. The molecule has 6 rings (SSSR count). The molecule has 16 heteroatoms. The second kappa shape index (κ2) is 11.0. The van der Waals surface area contributed by atoms with Crippen molar-refractivity contribution in [1.82, 2.24) is 30.4 Å². The van der Waals surface area contributed by atoms with Crippen LogP contribution in [0.5, 0.6) is 0 Å². The normalized spacial score (nSPS) is 24.9. The molecule has 3 aliphatic rings. The zero-order chi connectivity index (χ0) is 31.4. The Hall–Kier alpha value is -3.72. The molecule has 9 nitrogen and oxygen atoms in total. The fraction of sp³-hybridized carbons (Fsp3) is 0.607. The quantitative estimate of drug-likeness (QED) is 0.339. The number of carbonyl (C=O) groups excluding carboxylic acids is 2. The fourth-order valence-corrected chi connectivity index (χ4v) is 6.39. The lowest BCUT2D eigenvalue weighted by atomic mass is 9.78. The average molecular weight is 631 g/mol. The van der Waals surface area contributed by atoms with Crippen LogP contribution in [0, 0.1) is 17.8 Å². The summed E-state index contributed by atoms with van der Waals surface area (Å²) in [6.07, 6.45) is -3.87. The van der Waals surface area contributed by atoms with Gasteiger partial charge in [0.1, 0.15) is 11.8 Å². The first-order valence-electron chi connectivity index (χ1n) is 14.4. The smallest absolute Gasteiger partial charge is 0.364 e. The molecule has 3 aromatic rings. The number of nitrogens with one attached hydrogen (secondary N) is 2. The van der Waals surface area contributed by atoms with E-state index in [0.29, 0.717) is 17.0 Å². The van der Waals surface area contributed by atoms with Gasteiger partial charge in [0.15, 0.2) is 5.65 Å². The van der Waals surface area contributed by atoms with Crippen LogP contribution in [0.15, 0.2) is 29.1 Å². The minimum atomic E-state index is -4.44. The van der Waals surface area contributed by atoms with E-state index in [1.54, 1.807) is 12.1 Å². The molecule has 0 spiro atoms. The third-order valence-electron chi connectivity index (χ3n) is 8.93. The minimum absolute atomic E-state index is 0.0243. The van der Waals surface area contributed by atoms with E-state index in [1.165, 1.54) is 10.7 Å². The molecule has 1 unspecified atom stereocenters. The highest BCUT2D eigenvalue weighted by Crippen LogP contribution is 2.49. The molecule has 44 heavy (non-hydrogen) atoms. The predicted octanol–water partition coefficient (Wildman–Crippen LogP) is 5.38. The van der Waals surface area contributed by atoms with Crippen LogP contribution < -0.4 is 10.6 Å². The van der Waals surface area contributed by atoms with Crippen molar-refractivity contribution in [3.05, 3.63) is 47.2 Å². The Morgan fingerprint density at radius 1 is 1.14 bits per heavy atom. The Morgan fingerprint density at radius 2 is 1.86 bits per heavy atom. The van der Waals surface area contributed by atoms with Crippen molar-refractivity contribution in [3.8, 4) is 0 Å². The van der Waals surface area contributed by atoms with Crippen molar-refractivity contribution in [1.29, 1.82) is 0 Å². The highest BCUT2D eigenvalue weighted by atomic mass is 19.4. The third-order valence-corrected chi connectivity index (χ3v) is 8.93. The van der Waals surface area contributed by atoms with Crippen molar-refractivity contribution in [2.45, 2.75) is 81.3 Å². The number of amides is 2. The first kappa shape index (κ1) is 30.3. The van der Waals surface area contributed by atoms with Gasteiger partial charge in [-0.3, -0.25) is 9.59 Å². The zero-order valence-electron chi connectivity index (χ0n) is 23.2. The molecule has 3 atom stereocenters. The monoisotopic (exact) mass is 630 g/mol. The topological polar surface area (TPSA) is 114 Å². The Morgan fingerprint density at radius 3 is 2.55 bits per heavy atom. The number of fused-ring (bicyclic) bond motifs is 1. The van der Waals surface area contributed by atoms with Crippen LogP contribution in [0.3, 0.4) is 0 Å². The van der Waals surface area contributed by atoms with Gasteiger partial charge in [0.2, 0.25) is 17.8 Å². The van der Waals surface area contributed by atoms with Crippen molar-refractivity contribution in [3.63, 3.8) is 0 Å². The molecular weight excluding hydrogens is 601 g/mol. The van der Waals surface area contributed by atoms with Crippen LogP contribution in [-0.4, -0.2) is 56.1 Å². The molecule has 4 heterocycles. The summed E-state index contributed by atoms with van der Waals surface area (Å²) < 4.78 is 101. The number of hydrogen-bond acceptors (Lipinski definition) is 6. The molecule has 3 fully saturated rings. The van der Waals surface area contributed by atoms with Crippen molar-refractivity contribution in [2.24, 2.45) is 17.8 Å². The van der Waals surface area contributed by atoms with E-state index >= 15 is 0 Å². The maximum Gasteiger partial charge on any atom is 0.393 e. The van der Waals surface area contributed by atoms with E-state index in [1.807, 2.05) is 0 Å². The lowest BCUT2D eigenvalue weighted by molar-refractivity contribution is -0.183. The number of rotatable bonds is 7. The summed E-state index contributed by atoms with van der Waals surface area (Å²) in [5, 5.41) is 13.3. The Balaban J connectivity index is 1.24. The van der Waals surface area contributed by atoms with Gasteiger partial charge >= 0.3 is 6.18 Å². The molecule has 2 N–H and O–H groups in total. The largest absolute Gasteiger partial charge is 0.393 e. The number of halogens is 7. The highest BCUT2D eigenvalue weighted by molar-refractivity contribution is 5.95. The second-order valence-corrected chi connectivity index (χ2v) is 12.1. The first-order valence-corrected chi connectivity index (χ1v) is 14.4. The summed E-state index contributed by atoms with van der Waals surface area (Å²) in [5.74, 6) is -10.6. The summed E-state index contributed by atoms with van der Waals surface area (Å²) in [6.45, 7) is -0.472. The summed E-state index contributed by atoms with van der Waals surface area (Å²) >= 11 is 0. The number of hydrogen-bond donors (Lipinski definition) is 2. The number of nitrogens with zero attached hydrogens (tertiary/aromatic N) is 4. The summed E-state index contributed by atoms with van der Waals surface area (Å²) in [6, 6.07) is 2.26. The maximum absolute atomic E-state index is 14.0. The summed E-state index contributed by atoms with van der Waals surface area (Å²) in [4.78, 5) is 30.2. The van der Waals surface area contributed by atoms with Crippen LogP contribution in [0.2, 0.25) is 0 Å². The Bertz CT molecular complexity index is 1540. The first-order chi connectivity index (χ1) is 20.7. The number of aromatic nitrogens is 4. The molecule has 2 aliphatic carbocycles. The number of carbonyl (C=O) groups is 2. The molecule has 1 saturated heterocycles. The number of alkyl halides is 7. The summed E-state index contributed by atoms with van der Waals surface area (Å²) in [5.41, 5.74) is 1.05. The molecule has 238 valence electrons. The van der Waals surface area contributed by atoms with Crippen LogP contribution >= 0.6 is 0 Å². The van der Waals surface area contributed by atoms with Crippen LogP contribution in [0.4, 0.5) is 30.7 Å². The van der Waals surface area contributed by atoms with Gasteiger partial charge in [-0.1, -0.05) is 5.16 Å². The van der Waals surface area contributed by atoms with E-state index in [-0.39, 0.29) is 36.9 Å². The van der Waals surface area contributed by atoms with Crippen LogP contribution in [-0.2, 0) is 11.2 Å². The van der Waals surface area contributed by atoms with Gasteiger partial charge in [-0.05, 0) is 37.3 Å². The lowest BCUT2D eigenvalue weighted by Crippen LogP contribution is -2.47. The van der Waals surface area contributed by atoms with Gasteiger partial charge in [-0.2, -0.15) is 18.3 Å². The maximum atomic E-state index is 14.0. The molecule has 2 amide bonds. The van der Waals surface area contributed by atoms with E-state index in [2.05, 4.69) is 25.9 Å². The van der Waals surface area contributed by atoms with E-state index in [4.69, 9.17) is 4.52 Å². The van der Waals surface area contributed by atoms with Crippen molar-refractivity contribution >= 4 is 17.5 Å². The predicted molar refractivity (Wildman–Crippen MR) is 138 cm³/mol. The van der Waals surface area contributed by atoms with Gasteiger partial charge < -0.3 is 15.2 Å². The standard InChI is InChI=1S/C28H29F7N6O3/c29-26(30)5-3-14(4-6-26)23(38-25(43)19-13-44-40-22(19)16-9-27(31,32)10-16)20-12-41-21(37-20)2-1-18(39-41)8-15-7-17(28(33,34)35)11-36-24(15)42/h1-2,12-17,23H,3-11H2,(H,36,42)(H,38,43)/t15?,17-,23+/m1/s1. The number of imidazole rings is 1. The number of piperidine rings is 1. The molecule has 1 aliphatic heterocycles. The highest BCUT2D eigenvalue weighted by Gasteiger charge is 2.49. The molecule has 3 aromatic heterocycles. The average Bonchev–Trinajstić information content (AvgIpc) is 3.58.